The highest BCUT2D eigenvalue weighted by molar-refractivity contribution is 7.96. The molecule has 1 rings (SSSR count). The van der Waals surface area contributed by atoms with Gasteiger partial charge in [0.15, 0.2) is 0 Å². The second-order valence-corrected chi connectivity index (χ2v) is 2.71. The molecule has 1 aromatic rings. The van der Waals surface area contributed by atoms with Crippen molar-refractivity contribution in [3.63, 3.8) is 0 Å². The molecule has 1 amide bonds. The van der Waals surface area contributed by atoms with Crippen LogP contribution in [-0.2, 0) is 4.84 Å². The van der Waals surface area contributed by atoms with Crippen molar-refractivity contribution in [3.05, 3.63) is 30.3 Å². The third kappa shape index (κ3) is 2.75. The molecule has 0 aliphatic carbocycles. The summed E-state index contributed by atoms with van der Waals surface area (Å²) in [5, 5.41) is 0.733. The number of amides is 1. The number of thiol groups is 1. The maximum absolute atomic E-state index is 11.0. The highest BCUT2D eigenvalue weighted by Crippen LogP contribution is 2.15. The van der Waals surface area contributed by atoms with Crippen molar-refractivity contribution in [2.24, 2.45) is 0 Å². The van der Waals surface area contributed by atoms with Crippen LogP contribution in [0.5, 0.6) is 0 Å². The minimum absolute atomic E-state index is 0.423. The monoisotopic (exact) mass is 197 g/mol. The van der Waals surface area contributed by atoms with Gasteiger partial charge in [0, 0.05) is 0 Å². The van der Waals surface area contributed by atoms with Crippen LogP contribution in [0.3, 0.4) is 0 Å². The SMILES string of the molecule is CCON(C(=O)S)c1ccccc1. The van der Waals surface area contributed by atoms with Crippen LogP contribution in [-0.4, -0.2) is 11.8 Å². The number of hydroxylamine groups is 1. The van der Waals surface area contributed by atoms with E-state index >= 15 is 0 Å². The van der Waals surface area contributed by atoms with Crippen LogP contribution in [0, 0.1) is 0 Å². The van der Waals surface area contributed by atoms with Gasteiger partial charge in [-0.3, -0.25) is 9.63 Å². The van der Waals surface area contributed by atoms with Crippen molar-refractivity contribution >= 4 is 23.6 Å². The average Bonchev–Trinajstić information content (AvgIpc) is 2.15. The molecule has 0 aromatic heterocycles. The summed E-state index contributed by atoms with van der Waals surface area (Å²) in [6, 6.07) is 9.10. The summed E-state index contributed by atoms with van der Waals surface area (Å²) < 4.78 is 0. The molecule has 0 aliphatic heterocycles. The second kappa shape index (κ2) is 4.89. The first-order valence-electron chi connectivity index (χ1n) is 3.96. The molecule has 0 aliphatic rings. The highest BCUT2D eigenvalue weighted by Gasteiger charge is 2.10. The lowest BCUT2D eigenvalue weighted by Crippen LogP contribution is -2.25. The van der Waals surface area contributed by atoms with Crippen LogP contribution in [0.4, 0.5) is 10.5 Å². The Hall–Kier alpha value is -1.00. The van der Waals surface area contributed by atoms with Crippen molar-refractivity contribution in [3.8, 4) is 0 Å². The maximum Gasteiger partial charge on any atom is 0.306 e. The number of benzene rings is 1. The Kier molecular flexibility index (Phi) is 3.79. The second-order valence-electron chi connectivity index (χ2n) is 2.33. The number of nitrogens with zero attached hydrogens (tertiary/aromatic N) is 1. The number of anilines is 1. The first-order chi connectivity index (χ1) is 6.25. The summed E-state index contributed by atoms with van der Waals surface area (Å²) in [5.41, 5.74) is 0.685. The van der Waals surface area contributed by atoms with Crippen molar-refractivity contribution in [2.45, 2.75) is 6.92 Å². The lowest BCUT2D eigenvalue weighted by atomic mass is 10.3. The van der Waals surface area contributed by atoms with Crippen LogP contribution in [0.1, 0.15) is 6.92 Å². The molecule has 0 atom stereocenters. The molecule has 0 radical (unpaired) electrons. The zero-order valence-corrected chi connectivity index (χ0v) is 8.20. The van der Waals surface area contributed by atoms with Crippen molar-refractivity contribution in [1.29, 1.82) is 0 Å². The Labute approximate surface area is 82.7 Å². The lowest BCUT2D eigenvalue weighted by Gasteiger charge is -2.18. The maximum atomic E-state index is 11.0. The van der Waals surface area contributed by atoms with E-state index in [1.54, 1.807) is 12.1 Å². The minimum Gasteiger partial charge on any atom is -0.266 e. The van der Waals surface area contributed by atoms with E-state index in [9.17, 15) is 4.79 Å². The molecule has 0 saturated carbocycles. The van der Waals surface area contributed by atoms with E-state index < -0.39 is 5.24 Å². The van der Waals surface area contributed by atoms with Gasteiger partial charge in [0.25, 0.3) is 0 Å². The molecule has 0 bridgehead atoms. The predicted molar refractivity (Wildman–Crippen MR) is 54.9 cm³/mol. The van der Waals surface area contributed by atoms with E-state index in [1.165, 1.54) is 0 Å². The summed E-state index contributed by atoms with van der Waals surface area (Å²) >= 11 is 3.70. The number of carbonyl (C=O) groups excluding carboxylic acids is 1. The summed E-state index contributed by atoms with van der Waals surface area (Å²) in [7, 11) is 0. The normalized spacial score (nSPS) is 9.69. The molecule has 70 valence electrons. The van der Waals surface area contributed by atoms with Gasteiger partial charge in [-0.15, -0.1) is 0 Å². The highest BCUT2D eigenvalue weighted by atomic mass is 32.1. The van der Waals surface area contributed by atoms with Gasteiger partial charge in [-0.2, -0.15) is 5.06 Å². The Morgan fingerprint density at radius 3 is 2.54 bits per heavy atom. The first-order valence-corrected chi connectivity index (χ1v) is 4.41. The number of hydrogen-bond acceptors (Lipinski definition) is 2. The quantitative estimate of drug-likeness (QED) is 0.596. The number of rotatable bonds is 3. The van der Waals surface area contributed by atoms with Crippen molar-refractivity contribution in [2.75, 3.05) is 11.7 Å². The summed E-state index contributed by atoms with van der Waals surface area (Å²) in [6.45, 7) is 2.24. The molecule has 0 fully saturated rings. The lowest BCUT2D eigenvalue weighted by molar-refractivity contribution is 0.137. The summed E-state index contributed by atoms with van der Waals surface area (Å²) in [6.07, 6.45) is 0. The third-order valence-corrected chi connectivity index (χ3v) is 1.60. The smallest absolute Gasteiger partial charge is 0.266 e. The topological polar surface area (TPSA) is 29.5 Å². The van der Waals surface area contributed by atoms with Gasteiger partial charge in [-0.1, -0.05) is 30.8 Å². The standard InChI is InChI=1S/C9H11NO2S/c1-2-12-10(9(11)13)8-6-4-3-5-7-8/h3-7H,2H2,1H3,(H,11,13). The molecule has 0 N–H and O–H groups in total. The molecule has 4 heteroatoms. The molecule has 1 aromatic carbocycles. The zero-order valence-electron chi connectivity index (χ0n) is 7.30. The molecule has 0 spiro atoms. The van der Waals surface area contributed by atoms with E-state index in [0.29, 0.717) is 12.3 Å². The van der Waals surface area contributed by atoms with Gasteiger partial charge in [0.05, 0.1) is 12.3 Å². The molecule has 13 heavy (non-hydrogen) atoms. The number of carbonyl (C=O) groups is 1. The van der Waals surface area contributed by atoms with Crippen molar-refractivity contribution < 1.29 is 9.63 Å². The molecule has 3 nitrogen and oxygen atoms in total. The molecule has 0 unspecified atom stereocenters. The van der Waals surface area contributed by atoms with E-state index in [-0.39, 0.29) is 0 Å². The molecular formula is C9H11NO2S. The summed E-state index contributed by atoms with van der Waals surface area (Å²) in [4.78, 5) is 16.1. The first kappa shape index (κ1) is 10.1. The van der Waals surface area contributed by atoms with Gasteiger partial charge in [-0.25, -0.2) is 0 Å². The average molecular weight is 197 g/mol. The van der Waals surface area contributed by atoms with E-state index in [1.807, 2.05) is 25.1 Å². The third-order valence-electron chi connectivity index (χ3n) is 1.42. The minimum atomic E-state index is -0.423. The van der Waals surface area contributed by atoms with E-state index in [2.05, 4.69) is 12.6 Å². The van der Waals surface area contributed by atoms with Crippen LogP contribution in [0.25, 0.3) is 0 Å². The van der Waals surface area contributed by atoms with Gasteiger partial charge in [0.2, 0.25) is 0 Å². The van der Waals surface area contributed by atoms with Crippen LogP contribution >= 0.6 is 12.6 Å². The zero-order chi connectivity index (χ0) is 9.68. The fourth-order valence-electron chi connectivity index (χ4n) is 0.933. The Bertz CT molecular complexity index is 276. The Balaban J connectivity index is 2.82. The van der Waals surface area contributed by atoms with Crippen LogP contribution in [0.2, 0.25) is 0 Å². The number of para-hydroxylation sites is 1. The largest absolute Gasteiger partial charge is 0.306 e. The van der Waals surface area contributed by atoms with Gasteiger partial charge in [0.1, 0.15) is 0 Å². The van der Waals surface area contributed by atoms with Crippen LogP contribution < -0.4 is 5.06 Å². The van der Waals surface area contributed by atoms with E-state index in [0.717, 1.165) is 5.06 Å². The Morgan fingerprint density at radius 1 is 1.46 bits per heavy atom. The molecule has 0 saturated heterocycles. The molecular weight excluding hydrogens is 186 g/mol. The van der Waals surface area contributed by atoms with Crippen LogP contribution in [0.15, 0.2) is 30.3 Å². The number of hydrogen-bond donors (Lipinski definition) is 1. The summed E-state index contributed by atoms with van der Waals surface area (Å²) in [5.74, 6) is 0. The Morgan fingerprint density at radius 2 is 2.08 bits per heavy atom. The predicted octanol–water partition coefficient (Wildman–Crippen LogP) is 2.49. The fourth-order valence-corrected chi connectivity index (χ4v) is 1.11. The van der Waals surface area contributed by atoms with Gasteiger partial charge >= 0.3 is 5.24 Å². The van der Waals surface area contributed by atoms with E-state index in [4.69, 9.17) is 4.84 Å². The van der Waals surface area contributed by atoms with Gasteiger partial charge in [-0.05, 0) is 19.1 Å². The molecule has 0 heterocycles. The fraction of sp³-hybridized carbons (Fsp3) is 0.222. The van der Waals surface area contributed by atoms with Crippen molar-refractivity contribution in [1.82, 2.24) is 0 Å². The van der Waals surface area contributed by atoms with Gasteiger partial charge < -0.3 is 0 Å².